The van der Waals surface area contributed by atoms with E-state index < -0.39 is 23.2 Å². The molecule has 0 radical (unpaired) electrons. The van der Waals surface area contributed by atoms with Gasteiger partial charge in [-0.3, -0.25) is 0 Å². The molecule has 0 amide bonds. The molecule has 0 unspecified atom stereocenters. The first-order valence-corrected chi connectivity index (χ1v) is 8.83. The molecule has 0 N–H and O–H groups in total. The molecule has 0 fully saturated rings. The summed E-state index contributed by atoms with van der Waals surface area (Å²) in [7, 11) is 0. The van der Waals surface area contributed by atoms with Gasteiger partial charge in [0, 0.05) is 35.0 Å². The summed E-state index contributed by atoms with van der Waals surface area (Å²) in [6, 6.07) is 11.5. The molecule has 2 aromatic heterocycles. The van der Waals surface area contributed by atoms with Crippen molar-refractivity contribution < 1.29 is 27.9 Å². The van der Waals surface area contributed by atoms with Crippen LogP contribution in [0.25, 0.3) is 21.9 Å². The maximum atomic E-state index is 12.1. The molecular formula is C22H14O8. The summed E-state index contributed by atoms with van der Waals surface area (Å²) < 4.78 is 20.2. The fourth-order valence-electron chi connectivity index (χ4n) is 3.03. The Hall–Kier alpha value is -4.20. The van der Waals surface area contributed by atoms with Crippen molar-refractivity contribution in [2.45, 2.75) is 13.8 Å². The van der Waals surface area contributed by atoms with E-state index in [0.717, 1.165) is 0 Å². The number of hydrogen-bond acceptors (Lipinski definition) is 8. The molecule has 0 spiro atoms. The average molecular weight is 406 g/mol. The highest BCUT2D eigenvalue weighted by atomic mass is 16.6. The van der Waals surface area contributed by atoms with E-state index in [4.69, 9.17) is 18.3 Å². The van der Waals surface area contributed by atoms with Gasteiger partial charge in [0.15, 0.2) is 0 Å². The zero-order valence-electron chi connectivity index (χ0n) is 15.9. The molecule has 4 aromatic rings. The largest absolute Gasteiger partial charge is 0.423 e. The van der Waals surface area contributed by atoms with E-state index in [1.165, 1.54) is 36.4 Å². The van der Waals surface area contributed by atoms with Crippen LogP contribution < -0.4 is 20.7 Å². The van der Waals surface area contributed by atoms with Gasteiger partial charge in [-0.05, 0) is 49.2 Å². The number of benzene rings is 2. The predicted molar refractivity (Wildman–Crippen MR) is 106 cm³/mol. The summed E-state index contributed by atoms with van der Waals surface area (Å²) in [4.78, 5) is 47.2. The van der Waals surface area contributed by atoms with Crippen LogP contribution in [0.4, 0.5) is 0 Å². The van der Waals surface area contributed by atoms with Crippen molar-refractivity contribution in [1.82, 2.24) is 0 Å². The second kappa shape index (κ2) is 7.32. The van der Waals surface area contributed by atoms with Crippen LogP contribution in [0.15, 0.2) is 67.0 Å². The van der Waals surface area contributed by atoms with Gasteiger partial charge in [-0.15, -0.1) is 0 Å². The summed E-state index contributed by atoms with van der Waals surface area (Å²) >= 11 is 0. The van der Waals surface area contributed by atoms with E-state index in [1.54, 1.807) is 26.0 Å². The average Bonchev–Trinajstić information content (AvgIpc) is 2.67. The molecule has 0 aliphatic carbocycles. The number of carbonyl (C=O) groups is 2. The van der Waals surface area contributed by atoms with Gasteiger partial charge < -0.3 is 18.3 Å². The van der Waals surface area contributed by atoms with Crippen molar-refractivity contribution >= 4 is 33.9 Å². The Morgan fingerprint density at radius 2 is 1.07 bits per heavy atom. The van der Waals surface area contributed by atoms with Crippen molar-refractivity contribution in [3.05, 3.63) is 80.5 Å². The van der Waals surface area contributed by atoms with Gasteiger partial charge >= 0.3 is 23.2 Å². The Morgan fingerprint density at radius 3 is 1.47 bits per heavy atom. The molecule has 8 heteroatoms. The molecule has 4 rings (SSSR count). The predicted octanol–water partition coefficient (Wildman–Crippen LogP) is 3.03. The summed E-state index contributed by atoms with van der Waals surface area (Å²) in [6.07, 6.45) is 0. The van der Waals surface area contributed by atoms with Crippen molar-refractivity contribution in [2.24, 2.45) is 0 Å². The Bertz CT molecular complexity index is 1330. The second-order valence-electron chi connectivity index (χ2n) is 6.59. The summed E-state index contributed by atoms with van der Waals surface area (Å²) in [5, 5.41) is 1.34. The fraction of sp³-hybridized carbons (Fsp3) is 0.0909. The van der Waals surface area contributed by atoms with Gasteiger partial charge in [0.05, 0.1) is 0 Å². The quantitative estimate of drug-likeness (QED) is 0.216. The molecule has 0 saturated carbocycles. The Morgan fingerprint density at radius 1 is 0.667 bits per heavy atom. The van der Waals surface area contributed by atoms with Crippen LogP contribution in [-0.4, -0.2) is 11.9 Å². The SMILES string of the molecule is Cc1cc(=O)oc2cc(OC(=O)C(=O)Oc3ccc4c(C)cc(=O)oc4c3)ccc12. The molecule has 0 atom stereocenters. The van der Waals surface area contributed by atoms with E-state index in [0.29, 0.717) is 21.9 Å². The van der Waals surface area contributed by atoms with Crippen LogP contribution in [0.1, 0.15) is 11.1 Å². The molecule has 0 saturated heterocycles. The normalized spacial score (nSPS) is 10.9. The highest BCUT2D eigenvalue weighted by Crippen LogP contribution is 2.24. The van der Waals surface area contributed by atoms with E-state index in [1.807, 2.05) is 0 Å². The molecule has 30 heavy (non-hydrogen) atoms. The molecule has 2 aromatic carbocycles. The number of carbonyl (C=O) groups excluding carboxylic acids is 2. The van der Waals surface area contributed by atoms with Crippen LogP contribution in [0, 0.1) is 13.8 Å². The first kappa shape index (κ1) is 19.1. The second-order valence-corrected chi connectivity index (χ2v) is 6.59. The third-order valence-corrected chi connectivity index (χ3v) is 4.43. The summed E-state index contributed by atoms with van der Waals surface area (Å²) in [5.41, 5.74) is 0.771. The van der Waals surface area contributed by atoms with E-state index in [9.17, 15) is 19.2 Å². The third kappa shape index (κ3) is 3.70. The molecule has 0 bridgehead atoms. The van der Waals surface area contributed by atoms with Crippen molar-refractivity contribution in [3.63, 3.8) is 0 Å². The lowest BCUT2D eigenvalue weighted by molar-refractivity contribution is -0.156. The minimum atomic E-state index is -1.27. The smallest absolute Gasteiger partial charge is 0.423 e. The van der Waals surface area contributed by atoms with E-state index in [2.05, 4.69) is 0 Å². The van der Waals surface area contributed by atoms with Gasteiger partial charge in [-0.2, -0.15) is 0 Å². The van der Waals surface area contributed by atoms with Gasteiger partial charge in [-0.1, -0.05) is 0 Å². The topological polar surface area (TPSA) is 113 Å². The van der Waals surface area contributed by atoms with Crippen LogP contribution in [-0.2, 0) is 9.59 Å². The number of rotatable bonds is 2. The molecule has 8 nitrogen and oxygen atoms in total. The highest BCUT2D eigenvalue weighted by Gasteiger charge is 2.20. The summed E-state index contributed by atoms with van der Waals surface area (Å²) in [5.74, 6) is -2.51. The van der Waals surface area contributed by atoms with Crippen LogP contribution in [0.2, 0.25) is 0 Å². The molecular weight excluding hydrogens is 392 g/mol. The lowest BCUT2D eigenvalue weighted by atomic mass is 10.1. The van der Waals surface area contributed by atoms with Gasteiger partial charge in [0.1, 0.15) is 22.7 Å². The summed E-state index contributed by atoms with van der Waals surface area (Å²) in [6.45, 7) is 3.49. The first-order chi connectivity index (χ1) is 14.3. The van der Waals surface area contributed by atoms with E-state index >= 15 is 0 Å². The Labute approximate surface area is 168 Å². The third-order valence-electron chi connectivity index (χ3n) is 4.43. The highest BCUT2D eigenvalue weighted by molar-refractivity contribution is 6.31. The van der Waals surface area contributed by atoms with Gasteiger partial charge in [0.25, 0.3) is 0 Å². The zero-order valence-corrected chi connectivity index (χ0v) is 15.9. The Kier molecular flexibility index (Phi) is 4.67. The lowest BCUT2D eigenvalue weighted by Gasteiger charge is -2.07. The van der Waals surface area contributed by atoms with Crippen LogP contribution in [0.5, 0.6) is 11.5 Å². The van der Waals surface area contributed by atoms with E-state index in [-0.39, 0.29) is 22.7 Å². The standard InChI is InChI=1S/C22H14O8/c1-11-7-19(23)29-17-9-13(3-5-15(11)17)27-21(25)22(26)28-14-4-6-16-12(2)8-20(24)30-18(16)10-14/h3-10H,1-2H3. The number of ether oxygens (including phenoxy) is 2. The monoisotopic (exact) mass is 406 g/mol. The van der Waals surface area contributed by atoms with Crippen LogP contribution in [0.3, 0.4) is 0 Å². The van der Waals surface area contributed by atoms with Crippen LogP contribution >= 0.6 is 0 Å². The maximum absolute atomic E-state index is 12.1. The lowest BCUT2D eigenvalue weighted by Crippen LogP contribution is -2.25. The molecule has 0 aliphatic rings. The minimum Gasteiger partial charge on any atom is -0.423 e. The number of hydrogen-bond donors (Lipinski definition) is 0. The zero-order chi connectivity index (χ0) is 21.4. The number of esters is 2. The number of fused-ring (bicyclic) bond motifs is 2. The fourth-order valence-corrected chi connectivity index (χ4v) is 3.03. The minimum absolute atomic E-state index is 0.0123. The Balaban J connectivity index is 1.53. The van der Waals surface area contributed by atoms with Crippen molar-refractivity contribution in [1.29, 1.82) is 0 Å². The van der Waals surface area contributed by atoms with Gasteiger partial charge in [0.2, 0.25) is 0 Å². The van der Waals surface area contributed by atoms with Crippen molar-refractivity contribution in [3.8, 4) is 11.5 Å². The first-order valence-electron chi connectivity index (χ1n) is 8.83. The molecule has 150 valence electrons. The maximum Gasteiger partial charge on any atom is 0.423 e. The van der Waals surface area contributed by atoms with Gasteiger partial charge in [-0.25, -0.2) is 19.2 Å². The van der Waals surface area contributed by atoms with Crippen molar-refractivity contribution in [2.75, 3.05) is 0 Å². The molecule has 2 heterocycles. The molecule has 0 aliphatic heterocycles. The number of aryl methyl sites for hydroxylation is 2.